The lowest BCUT2D eigenvalue weighted by Crippen LogP contribution is -2.06. The third-order valence-corrected chi connectivity index (χ3v) is 4.11. The molecule has 0 amide bonds. The first-order valence-corrected chi connectivity index (χ1v) is 6.86. The third kappa shape index (κ3) is 2.32. The molecule has 0 radical (unpaired) electrons. The molecule has 5 heteroatoms. The molecule has 1 aromatic heterocycles. The van der Waals surface area contributed by atoms with Crippen molar-refractivity contribution >= 4 is 27.5 Å². The van der Waals surface area contributed by atoms with Gasteiger partial charge in [0.1, 0.15) is 0 Å². The second kappa shape index (κ2) is 5.03. The van der Waals surface area contributed by atoms with Gasteiger partial charge >= 0.3 is 0 Å². The zero-order valence-corrected chi connectivity index (χ0v) is 12.9. The predicted molar refractivity (Wildman–Crippen MR) is 78.4 cm³/mol. The Morgan fingerprint density at radius 1 is 1.39 bits per heavy atom. The maximum absolute atomic E-state index is 6.16. The lowest BCUT2D eigenvalue weighted by Gasteiger charge is -2.11. The summed E-state index contributed by atoms with van der Waals surface area (Å²) in [6, 6.07) is 6.04. The molecule has 0 aliphatic carbocycles. The molecule has 0 saturated heterocycles. The standard InChI is InChI=1S/C13H15BrClN3/c1-7(16)10-4-5-12(11(14)6-10)18-9(3)13(15)8(2)17-18/h4-7H,16H2,1-3H3/t7-/m0/s1. The summed E-state index contributed by atoms with van der Waals surface area (Å²) >= 11 is 9.72. The van der Waals surface area contributed by atoms with E-state index < -0.39 is 0 Å². The second-order valence-corrected chi connectivity index (χ2v) is 5.63. The maximum atomic E-state index is 6.16. The molecule has 96 valence electrons. The Morgan fingerprint density at radius 2 is 2.06 bits per heavy atom. The number of aryl methyl sites for hydroxylation is 1. The van der Waals surface area contributed by atoms with E-state index in [1.165, 1.54) is 0 Å². The highest BCUT2D eigenvalue weighted by Gasteiger charge is 2.13. The molecular formula is C13H15BrClN3. The van der Waals surface area contributed by atoms with Gasteiger partial charge in [-0.1, -0.05) is 17.7 Å². The molecule has 2 rings (SSSR count). The average Bonchev–Trinajstić information content (AvgIpc) is 2.57. The van der Waals surface area contributed by atoms with Crippen LogP contribution in [0.5, 0.6) is 0 Å². The van der Waals surface area contributed by atoms with Gasteiger partial charge < -0.3 is 5.73 Å². The zero-order chi connectivity index (χ0) is 13.4. The van der Waals surface area contributed by atoms with Gasteiger partial charge in [-0.25, -0.2) is 4.68 Å². The Bertz CT molecular complexity index is 590. The molecular weight excluding hydrogens is 314 g/mol. The van der Waals surface area contributed by atoms with E-state index in [2.05, 4.69) is 21.0 Å². The van der Waals surface area contributed by atoms with E-state index in [1.54, 1.807) is 0 Å². The first kappa shape index (κ1) is 13.6. The summed E-state index contributed by atoms with van der Waals surface area (Å²) in [5, 5.41) is 5.15. The summed E-state index contributed by atoms with van der Waals surface area (Å²) in [6.45, 7) is 5.81. The zero-order valence-electron chi connectivity index (χ0n) is 10.5. The van der Waals surface area contributed by atoms with Crippen molar-refractivity contribution in [3.05, 3.63) is 44.6 Å². The highest BCUT2D eigenvalue weighted by Crippen LogP contribution is 2.28. The van der Waals surface area contributed by atoms with Gasteiger partial charge in [0.25, 0.3) is 0 Å². The van der Waals surface area contributed by atoms with Crippen molar-refractivity contribution in [3.63, 3.8) is 0 Å². The summed E-state index contributed by atoms with van der Waals surface area (Å²) in [4.78, 5) is 0. The van der Waals surface area contributed by atoms with E-state index in [-0.39, 0.29) is 6.04 Å². The van der Waals surface area contributed by atoms with Gasteiger partial charge in [0.15, 0.2) is 0 Å². The minimum Gasteiger partial charge on any atom is -0.324 e. The van der Waals surface area contributed by atoms with Gasteiger partial charge in [-0.3, -0.25) is 0 Å². The molecule has 1 aromatic carbocycles. The van der Waals surface area contributed by atoms with E-state index in [4.69, 9.17) is 17.3 Å². The van der Waals surface area contributed by atoms with Crippen molar-refractivity contribution < 1.29 is 0 Å². The van der Waals surface area contributed by atoms with Crippen molar-refractivity contribution in [2.45, 2.75) is 26.8 Å². The Hall–Kier alpha value is -0.840. The van der Waals surface area contributed by atoms with Gasteiger partial charge in [-0.2, -0.15) is 5.10 Å². The number of benzene rings is 1. The van der Waals surface area contributed by atoms with Crippen LogP contribution >= 0.6 is 27.5 Å². The summed E-state index contributed by atoms with van der Waals surface area (Å²) in [7, 11) is 0. The van der Waals surface area contributed by atoms with Crippen LogP contribution in [0, 0.1) is 13.8 Å². The molecule has 0 fully saturated rings. The van der Waals surface area contributed by atoms with Crippen LogP contribution in [0.3, 0.4) is 0 Å². The summed E-state index contributed by atoms with van der Waals surface area (Å²) < 4.78 is 2.80. The molecule has 18 heavy (non-hydrogen) atoms. The molecule has 0 aliphatic rings. The average molecular weight is 329 g/mol. The molecule has 0 spiro atoms. The fourth-order valence-corrected chi connectivity index (χ4v) is 2.52. The summed E-state index contributed by atoms with van der Waals surface area (Å²) in [6.07, 6.45) is 0. The van der Waals surface area contributed by atoms with Crippen LogP contribution in [0.1, 0.15) is 29.9 Å². The molecule has 2 aromatic rings. The van der Waals surface area contributed by atoms with E-state index in [1.807, 2.05) is 43.7 Å². The fourth-order valence-electron chi connectivity index (χ4n) is 1.84. The lowest BCUT2D eigenvalue weighted by atomic mass is 10.1. The number of hydrogen-bond donors (Lipinski definition) is 1. The van der Waals surface area contributed by atoms with Gasteiger partial charge in [0.2, 0.25) is 0 Å². The van der Waals surface area contributed by atoms with E-state index in [0.29, 0.717) is 5.02 Å². The summed E-state index contributed by atoms with van der Waals surface area (Å²) in [5.74, 6) is 0. The molecule has 3 nitrogen and oxygen atoms in total. The normalized spacial score (nSPS) is 12.8. The molecule has 0 bridgehead atoms. The first-order valence-electron chi connectivity index (χ1n) is 5.69. The van der Waals surface area contributed by atoms with Crippen LogP contribution < -0.4 is 5.73 Å². The quantitative estimate of drug-likeness (QED) is 0.908. The monoisotopic (exact) mass is 327 g/mol. The minimum absolute atomic E-state index is 0.0133. The van der Waals surface area contributed by atoms with Crippen molar-refractivity contribution in [2.24, 2.45) is 5.73 Å². The Kier molecular flexibility index (Phi) is 3.80. The predicted octanol–water partition coefficient (Wildman–Crippen LogP) is 3.92. The van der Waals surface area contributed by atoms with Crippen molar-refractivity contribution in [1.29, 1.82) is 0 Å². The van der Waals surface area contributed by atoms with Crippen LogP contribution in [0.15, 0.2) is 22.7 Å². The van der Waals surface area contributed by atoms with Gasteiger partial charge in [-0.05, 0) is 54.4 Å². The van der Waals surface area contributed by atoms with Crippen molar-refractivity contribution in [1.82, 2.24) is 9.78 Å². The fraction of sp³-hybridized carbons (Fsp3) is 0.308. The Labute approximate surface area is 120 Å². The highest BCUT2D eigenvalue weighted by molar-refractivity contribution is 9.10. The number of halogens is 2. The first-order chi connectivity index (χ1) is 8.41. The number of nitrogens with two attached hydrogens (primary N) is 1. The number of aromatic nitrogens is 2. The number of hydrogen-bond acceptors (Lipinski definition) is 2. The number of nitrogens with zero attached hydrogens (tertiary/aromatic N) is 2. The van der Waals surface area contributed by atoms with Gasteiger partial charge in [-0.15, -0.1) is 0 Å². The van der Waals surface area contributed by atoms with Crippen LogP contribution in [0.25, 0.3) is 5.69 Å². The highest BCUT2D eigenvalue weighted by atomic mass is 79.9. The smallest absolute Gasteiger partial charge is 0.0848 e. The van der Waals surface area contributed by atoms with E-state index >= 15 is 0 Å². The van der Waals surface area contributed by atoms with Gasteiger partial charge in [0, 0.05) is 10.5 Å². The van der Waals surface area contributed by atoms with Crippen LogP contribution in [-0.2, 0) is 0 Å². The van der Waals surface area contributed by atoms with E-state index in [9.17, 15) is 0 Å². The van der Waals surface area contributed by atoms with Crippen LogP contribution in [0.4, 0.5) is 0 Å². The Morgan fingerprint density at radius 3 is 2.50 bits per heavy atom. The molecule has 1 heterocycles. The Balaban J connectivity index is 2.54. The lowest BCUT2D eigenvalue weighted by molar-refractivity contribution is 0.805. The largest absolute Gasteiger partial charge is 0.324 e. The van der Waals surface area contributed by atoms with Crippen LogP contribution in [-0.4, -0.2) is 9.78 Å². The minimum atomic E-state index is 0.0133. The third-order valence-electron chi connectivity index (χ3n) is 2.93. The van der Waals surface area contributed by atoms with Crippen molar-refractivity contribution in [3.8, 4) is 5.69 Å². The second-order valence-electron chi connectivity index (χ2n) is 4.40. The topological polar surface area (TPSA) is 43.8 Å². The molecule has 2 N–H and O–H groups in total. The summed E-state index contributed by atoms with van der Waals surface area (Å²) in [5.41, 5.74) is 9.68. The maximum Gasteiger partial charge on any atom is 0.0848 e. The molecule has 0 aliphatic heterocycles. The molecule has 0 unspecified atom stereocenters. The molecule has 0 saturated carbocycles. The van der Waals surface area contributed by atoms with E-state index in [0.717, 1.165) is 27.1 Å². The molecule has 1 atom stereocenters. The SMILES string of the molecule is Cc1nn(-c2ccc([C@H](C)N)cc2Br)c(C)c1Cl. The van der Waals surface area contributed by atoms with Crippen LogP contribution in [0.2, 0.25) is 5.02 Å². The van der Waals surface area contributed by atoms with Gasteiger partial charge in [0.05, 0.1) is 22.1 Å². The van der Waals surface area contributed by atoms with Crippen molar-refractivity contribution in [2.75, 3.05) is 0 Å². The number of rotatable bonds is 2.